The van der Waals surface area contributed by atoms with Crippen LogP contribution < -0.4 is 5.32 Å². The largest absolute Gasteiger partial charge is 0.373 e. The highest BCUT2D eigenvalue weighted by molar-refractivity contribution is 5.78. The quantitative estimate of drug-likeness (QED) is 0.902. The van der Waals surface area contributed by atoms with Crippen LogP contribution in [0.25, 0.3) is 0 Å². The second kappa shape index (κ2) is 7.66. The fourth-order valence-electron chi connectivity index (χ4n) is 3.77. The molecule has 1 aromatic rings. The highest BCUT2D eigenvalue weighted by atomic mass is 16.5. The van der Waals surface area contributed by atoms with Crippen molar-refractivity contribution in [2.24, 2.45) is 5.92 Å². The Morgan fingerprint density at radius 3 is 2.67 bits per heavy atom. The number of nitrogens with one attached hydrogen (secondary N) is 1. The van der Waals surface area contributed by atoms with E-state index in [1.165, 1.54) is 5.56 Å². The molecule has 4 heteroatoms. The van der Waals surface area contributed by atoms with Gasteiger partial charge in [-0.15, -0.1) is 0 Å². The van der Waals surface area contributed by atoms with Crippen LogP contribution in [0.4, 0.5) is 0 Å². The van der Waals surface area contributed by atoms with E-state index in [2.05, 4.69) is 40.5 Å². The molecule has 132 valence electrons. The Bertz CT molecular complexity index is 536. The molecule has 2 fully saturated rings. The van der Waals surface area contributed by atoms with Crippen LogP contribution in [0.2, 0.25) is 0 Å². The van der Waals surface area contributed by atoms with E-state index in [-0.39, 0.29) is 23.5 Å². The second-order valence-electron chi connectivity index (χ2n) is 7.64. The molecule has 0 aliphatic carbocycles. The van der Waals surface area contributed by atoms with E-state index in [1.54, 1.807) is 0 Å². The summed E-state index contributed by atoms with van der Waals surface area (Å²) in [5.74, 6) is 0.183. The van der Waals surface area contributed by atoms with Crippen LogP contribution >= 0.6 is 0 Å². The van der Waals surface area contributed by atoms with Gasteiger partial charge in [-0.25, -0.2) is 0 Å². The van der Waals surface area contributed by atoms with E-state index >= 15 is 0 Å². The lowest BCUT2D eigenvalue weighted by atomic mass is 9.87. The van der Waals surface area contributed by atoms with Crippen LogP contribution in [0.3, 0.4) is 0 Å². The number of hydrogen-bond acceptors (Lipinski definition) is 3. The van der Waals surface area contributed by atoms with Crippen LogP contribution in [-0.2, 0) is 16.0 Å². The molecule has 0 radical (unpaired) electrons. The minimum absolute atomic E-state index is 0.00181. The average molecular weight is 330 g/mol. The Labute approximate surface area is 145 Å². The number of likely N-dealkylation sites (tertiary alicyclic amines) is 1. The number of nitrogens with zero attached hydrogens (tertiary/aromatic N) is 1. The molecule has 2 aliphatic rings. The van der Waals surface area contributed by atoms with Crippen LogP contribution in [0.1, 0.15) is 38.7 Å². The molecule has 0 saturated carbocycles. The maximum absolute atomic E-state index is 11.9. The number of benzene rings is 1. The summed E-state index contributed by atoms with van der Waals surface area (Å²) < 4.78 is 6.14. The molecule has 1 atom stereocenters. The molecule has 0 unspecified atom stereocenters. The molecule has 2 aliphatic heterocycles. The number of ether oxygens (including phenoxy) is 1. The monoisotopic (exact) mass is 330 g/mol. The molecule has 0 aromatic heterocycles. The fraction of sp³-hybridized carbons (Fsp3) is 0.650. The third kappa shape index (κ3) is 4.37. The first-order valence-electron chi connectivity index (χ1n) is 9.27. The van der Waals surface area contributed by atoms with Crippen molar-refractivity contribution in [3.8, 4) is 0 Å². The van der Waals surface area contributed by atoms with E-state index < -0.39 is 0 Å². The zero-order chi connectivity index (χ0) is 17.0. The van der Waals surface area contributed by atoms with Crippen LogP contribution in [-0.4, -0.2) is 48.7 Å². The molecule has 0 bridgehead atoms. The van der Waals surface area contributed by atoms with Gasteiger partial charge in [0.25, 0.3) is 0 Å². The lowest BCUT2D eigenvalue weighted by Crippen LogP contribution is -2.45. The normalized spacial score (nSPS) is 23.7. The van der Waals surface area contributed by atoms with Gasteiger partial charge in [-0.1, -0.05) is 44.2 Å². The molecular weight excluding hydrogens is 300 g/mol. The van der Waals surface area contributed by atoms with Gasteiger partial charge in [0.15, 0.2) is 0 Å². The smallest absolute Gasteiger partial charge is 0.222 e. The van der Waals surface area contributed by atoms with Crippen molar-refractivity contribution < 1.29 is 9.53 Å². The molecule has 1 N–H and O–H groups in total. The van der Waals surface area contributed by atoms with E-state index in [4.69, 9.17) is 4.74 Å². The summed E-state index contributed by atoms with van der Waals surface area (Å²) >= 11 is 0. The minimum Gasteiger partial charge on any atom is -0.373 e. The first-order chi connectivity index (χ1) is 11.6. The lowest BCUT2D eigenvalue weighted by molar-refractivity contribution is -0.124. The van der Waals surface area contributed by atoms with E-state index in [0.29, 0.717) is 6.61 Å². The summed E-state index contributed by atoms with van der Waals surface area (Å²) in [4.78, 5) is 14.4. The third-order valence-corrected chi connectivity index (χ3v) is 5.41. The zero-order valence-electron chi connectivity index (χ0n) is 15.0. The summed E-state index contributed by atoms with van der Waals surface area (Å²) in [7, 11) is 0. The van der Waals surface area contributed by atoms with Gasteiger partial charge in [0.1, 0.15) is 0 Å². The molecule has 24 heavy (non-hydrogen) atoms. The maximum atomic E-state index is 11.9. The summed E-state index contributed by atoms with van der Waals surface area (Å²) in [6.07, 6.45) is 4.24. The first kappa shape index (κ1) is 17.4. The lowest BCUT2D eigenvalue weighted by Gasteiger charge is -2.38. The number of hydrogen-bond donors (Lipinski definition) is 1. The fourth-order valence-corrected chi connectivity index (χ4v) is 3.77. The number of carbonyl (C=O) groups is 1. The van der Waals surface area contributed by atoms with Crippen molar-refractivity contribution in [2.75, 3.05) is 26.2 Å². The Hall–Kier alpha value is -1.39. The van der Waals surface area contributed by atoms with Crippen molar-refractivity contribution >= 4 is 5.91 Å². The topological polar surface area (TPSA) is 41.6 Å². The van der Waals surface area contributed by atoms with Crippen molar-refractivity contribution in [1.82, 2.24) is 10.2 Å². The van der Waals surface area contributed by atoms with Gasteiger partial charge >= 0.3 is 0 Å². The Morgan fingerprint density at radius 2 is 2.00 bits per heavy atom. The first-order valence-corrected chi connectivity index (χ1v) is 9.27. The highest BCUT2D eigenvalue weighted by Gasteiger charge is 2.43. The SMILES string of the molecule is CC(C)C(=O)N[C@H]1COC2(CCN(CCc3ccccc3)CC2)C1. The van der Waals surface area contributed by atoms with Crippen molar-refractivity contribution in [1.29, 1.82) is 0 Å². The van der Waals surface area contributed by atoms with Crippen molar-refractivity contribution in [3.63, 3.8) is 0 Å². The number of amides is 1. The molecule has 1 spiro atoms. The standard InChI is InChI=1S/C20H30N2O2/c1-16(2)19(23)21-18-14-20(24-15-18)9-12-22(13-10-20)11-8-17-6-4-3-5-7-17/h3-7,16,18H,8-15H2,1-2H3,(H,21,23)/t18-/m1/s1. The number of carbonyl (C=O) groups excluding carboxylic acids is 1. The minimum atomic E-state index is -0.00181. The highest BCUT2D eigenvalue weighted by Crippen LogP contribution is 2.36. The molecule has 1 aromatic carbocycles. The van der Waals surface area contributed by atoms with Gasteiger partial charge in [-0.3, -0.25) is 4.79 Å². The van der Waals surface area contributed by atoms with Gasteiger partial charge in [0.05, 0.1) is 18.2 Å². The van der Waals surface area contributed by atoms with Crippen LogP contribution in [0.5, 0.6) is 0 Å². The predicted octanol–water partition coefficient (Wildman–Crippen LogP) is 2.62. The molecular formula is C20H30N2O2. The summed E-state index contributed by atoms with van der Waals surface area (Å²) in [6.45, 7) is 7.85. The molecule has 3 rings (SSSR count). The van der Waals surface area contributed by atoms with E-state index in [1.807, 2.05) is 13.8 Å². The second-order valence-corrected chi connectivity index (χ2v) is 7.64. The molecule has 1 amide bonds. The van der Waals surface area contributed by atoms with E-state index in [9.17, 15) is 4.79 Å². The molecule has 2 saturated heterocycles. The summed E-state index contributed by atoms with van der Waals surface area (Å²) in [6, 6.07) is 10.9. The van der Waals surface area contributed by atoms with Gasteiger partial charge < -0.3 is 15.0 Å². The third-order valence-electron chi connectivity index (χ3n) is 5.41. The van der Waals surface area contributed by atoms with Gasteiger partial charge in [0, 0.05) is 25.6 Å². The number of rotatable bonds is 5. The van der Waals surface area contributed by atoms with Crippen molar-refractivity contribution in [3.05, 3.63) is 35.9 Å². The summed E-state index contributed by atoms with van der Waals surface area (Å²) in [5, 5.41) is 3.13. The zero-order valence-corrected chi connectivity index (χ0v) is 15.0. The predicted molar refractivity (Wildman–Crippen MR) is 95.9 cm³/mol. The van der Waals surface area contributed by atoms with Crippen LogP contribution in [0.15, 0.2) is 30.3 Å². The average Bonchev–Trinajstić information content (AvgIpc) is 2.98. The van der Waals surface area contributed by atoms with E-state index in [0.717, 1.165) is 45.3 Å². The van der Waals surface area contributed by atoms with Gasteiger partial charge in [0.2, 0.25) is 5.91 Å². The Balaban J connectivity index is 1.43. The number of piperidine rings is 1. The summed E-state index contributed by atoms with van der Waals surface area (Å²) in [5.41, 5.74) is 1.41. The van der Waals surface area contributed by atoms with Crippen molar-refractivity contribution in [2.45, 2.75) is 51.2 Å². The Kier molecular flexibility index (Phi) is 5.57. The van der Waals surface area contributed by atoms with Gasteiger partial charge in [-0.05, 0) is 31.2 Å². The van der Waals surface area contributed by atoms with Crippen LogP contribution in [0, 0.1) is 5.92 Å². The molecule has 4 nitrogen and oxygen atoms in total. The van der Waals surface area contributed by atoms with Gasteiger partial charge in [-0.2, -0.15) is 0 Å². The Morgan fingerprint density at radius 1 is 1.29 bits per heavy atom. The molecule has 2 heterocycles. The maximum Gasteiger partial charge on any atom is 0.222 e.